The Hall–Kier alpha value is -6.55. The van der Waals surface area contributed by atoms with E-state index in [0.717, 1.165) is 78.1 Å². The van der Waals surface area contributed by atoms with Gasteiger partial charge in [-0.1, -0.05) is 150 Å². The average molecular weight is 1010 g/mol. The van der Waals surface area contributed by atoms with Gasteiger partial charge in [0.05, 0.1) is 16.6 Å². The summed E-state index contributed by atoms with van der Waals surface area (Å²) in [6.07, 6.45) is 1.96. The molecule has 4 heterocycles. The van der Waals surface area contributed by atoms with E-state index in [-0.39, 0.29) is 31.9 Å². The van der Waals surface area contributed by atoms with Crippen LogP contribution in [-0.2, 0) is 31.9 Å². The second-order valence-corrected chi connectivity index (χ2v) is 19.2. The van der Waals surface area contributed by atoms with Crippen LogP contribution < -0.4 is 4.98 Å². The van der Waals surface area contributed by atoms with Crippen LogP contribution in [0.15, 0.2) is 152 Å². The molecule has 11 rings (SSSR count). The first-order chi connectivity index (χ1) is 30.3. The molecule has 0 unspecified atom stereocenters. The van der Waals surface area contributed by atoms with E-state index >= 15 is 0 Å². The molecule has 0 radical (unpaired) electrons. The Balaban J connectivity index is 0.00000484. The summed E-state index contributed by atoms with van der Waals surface area (Å²) in [6.45, 7) is 18.0. The number of aromatic nitrogens is 5. The normalized spacial score (nSPS) is 12.2. The molecule has 0 aliphatic carbocycles. The standard InChI is InChI=1S/C58H49N5.Pt/c1-35-31-46(39-17-14-18-42(33-39)63-49-34-40(57(3,4)5)24-28-44(49)52-47(58(6,7)8)29-30-59-56(52)63)53-50(32-35)62(41-25-22-38(23-26-41)37-15-10-9-11-16-37)55(61-53)45-27-21-36(2)51-43-19-12-13-20-48(43)60-54(45)51;/h9-32,34H,1-8H3;/q-2;+2. The maximum Gasteiger partial charge on any atom is 2.00 e. The molecule has 0 atom stereocenters. The second-order valence-electron chi connectivity index (χ2n) is 19.2. The van der Waals surface area contributed by atoms with Gasteiger partial charge >= 0.3 is 21.1 Å². The first-order valence-electron chi connectivity index (χ1n) is 21.9. The molecule has 0 saturated heterocycles. The molecule has 0 spiro atoms. The number of hydrogen-bond donors (Lipinski definition) is 0. The van der Waals surface area contributed by atoms with Gasteiger partial charge < -0.3 is 9.55 Å². The molecule has 0 N–H and O–H groups in total. The minimum atomic E-state index is -0.0756. The minimum Gasteiger partial charge on any atom is -0.656 e. The molecular weight excluding hydrogens is 962 g/mol. The third-order valence-electron chi connectivity index (χ3n) is 12.8. The summed E-state index contributed by atoms with van der Waals surface area (Å²) >= 11 is 0. The van der Waals surface area contributed by atoms with Crippen LogP contribution in [0.2, 0.25) is 0 Å². The van der Waals surface area contributed by atoms with E-state index in [1.165, 1.54) is 44.0 Å². The molecular formula is C58H49N5Pt. The van der Waals surface area contributed by atoms with Gasteiger partial charge in [-0.15, -0.1) is 40.9 Å². The van der Waals surface area contributed by atoms with Crippen LogP contribution in [0.3, 0.4) is 0 Å². The molecule has 0 fully saturated rings. The van der Waals surface area contributed by atoms with Crippen LogP contribution in [0.4, 0.5) is 0 Å². The summed E-state index contributed by atoms with van der Waals surface area (Å²) in [4.78, 5) is 16.0. The van der Waals surface area contributed by atoms with Crippen molar-refractivity contribution >= 4 is 54.8 Å². The van der Waals surface area contributed by atoms with E-state index in [2.05, 4.69) is 216 Å². The van der Waals surface area contributed by atoms with Crippen LogP contribution >= 0.6 is 0 Å². The molecule has 11 aromatic rings. The predicted octanol–water partition coefficient (Wildman–Crippen LogP) is 14.8. The van der Waals surface area contributed by atoms with Crippen molar-refractivity contribution in [3.8, 4) is 45.0 Å². The van der Waals surface area contributed by atoms with Crippen LogP contribution in [0.5, 0.6) is 0 Å². The topological polar surface area (TPSA) is 49.7 Å². The van der Waals surface area contributed by atoms with E-state index in [9.17, 15) is 0 Å². The summed E-state index contributed by atoms with van der Waals surface area (Å²) < 4.78 is 4.64. The monoisotopic (exact) mass is 1010 g/mol. The quantitative estimate of drug-likeness (QED) is 0.161. The Labute approximate surface area is 389 Å². The molecule has 64 heavy (non-hydrogen) atoms. The van der Waals surface area contributed by atoms with E-state index < -0.39 is 0 Å². The third kappa shape index (κ3) is 6.72. The summed E-state index contributed by atoms with van der Waals surface area (Å²) in [5.41, 5.74) is 18.1. The minimum absolute atomic E-state index is 0. The second kappa shape index (κ2) is 15.3. The van der Waals surface area contributed by atoms with Crippen LogP contribution in [0, 0.1) is 19.9 Å². The van der Waals surface area contributed by atoms with Crippen molar-refractivity contribution in [3.05, 3.63) is 180 Å². The van der Waals surface area contributed by atoms with E-state index in [4.69, 9.17) is 15.0 Å². The largest absolute Gasteiger partial charge is 2.00 e. The van der Waals surface area contributed by atoms with Gasteiger partial charge in [0.1, 0.15) is 11.5 Å². The van der Waals surface area contributed by atoms with Gasteiger partial charge in [0.25, 0.3) is 0 Å². The molecule has 6 heteroatoms. The van der Waals surface area contributed by atoms with Crippen molar-refractivity contribution in [1.82, 2.24) is 24.1 Å². The number of pyridine rings is 1. The molecule has 0 saturated carbocycles. The van der Waals surface area contributed by atoms with Crippen molar-refractivity contribution in [1.29, 1.82) is 0 Å². The van der Waals surface area contributed by atoms with Crippen molar-refractivity contribution in [2.45, 2.75) is 66.2 Å². The third-order valence-corrected chi connectivity index (χ3v) is 12.8. The number of imidazole rings is 1. The summed E-state index contributed by atoms with van der Waals surface area (Å²) in [6, 6.07) is 56.3. The van der Waals surface area contributed by atoms with Gasteiger partial charge in [-0.05, 0) is 99.3 Å². The van der Waals surface area contributed by atoms with Crippen LogP contribution in [0.1, 0.15) is 63.8 Å². The summed E-state index contributed by atoms with van der Waals surface area (Å²) in [5, 5.41) is 4.72. The molecule has 7 aromatic carbocycles. The number of aryl methyl sites for hydroxylation is 2. The Morgan fingerprint density at radius 3 is 2.11 bits per heavy atom. The first kappa shape index (κ1) is 41.5. The number of fused-ring (bicyclic) bond motifs is 7. The zero-order chi connectivity index (χ0) is 43.4. The molecule has 0 amide bonds. The SMILES string of the molecule is Cc1cc(-c2[c-]c(-n3c4cc(C(C)(C)C)ccc4c4c(C(C)(C)C)ccnc43)ccc2)c2nc(-c3ccc(C)c4c3[n-]c3ccccc34)n(-c3ccc(-c4ccccc4)cc3)c2c1.[Pt+2]. The van der Waals surface area contributed by atoms with E-state index in [1.807, 2.05) is 6.20 Å². The maximum absolute atomic E-state index is 5.66. The van der Waals surface area contributed by atoms with Gasteiger partial charge in [0, 0.05) is 28.2 Å². The molecule has 5 nitrogen and oxygen atoms in total. The molecule has 4 aromatic heterocycles. The molecule has 0 aliphatic rings. The number of rotatable bonds is 5. The number of hydrogen-bond acceptors (Lipinski definition) is 2. The van der Waals surface area contributed by atoms with Gasteiger partial charge in [-0.25, -0.2) is 9.97 Å². The number of nitrogens with zero attached hydrogens (tertiary/aromatic N) is 5. The fourth-order valence-electron chi connectivity index (χ4n) is 9.64. The zero-order valence-corrected chi connectivity index (χ0v) is 39.8. The fourth-order valence-corrected chi connectivity index (χ4v) is 9.64. The first-order valence-corrected chi connectivity index (χ1v) is 21.9. The number of benzene rings is 7. The summed E-state index contributed by atoms with van der Waals surface area (Å²) in [7, 11) is 0. The zero-order valence-electron chi connectivity index (χ0n) is 37.5. The molecule has 0 bridgehead atoms. The smallest absolute Gasteiger partial charge is 0.656 e. The van der Waals surface area contributed by atoms with Gasteiger partial charge in [-0.3, -0.25) is 4.57 Å². The number of para-hydroxylation sites is 1. The van der Waals surface area contributed by atoms with Crippen LogP contribution in [-0.4, -0.2) is 19.1 Å². The fraction of sp³-hybridized carbons (Fsp3) is 0.172. The van der Waals surface area contributed by atoms with Gasteiger partial charge in [0.15, 0.2) is 0 Å². The van der Waals surface area contributed by atoms with Gasteiger partial charge in [0.2, 0.25) is 0 Å². The van der Waals surface area contributed by atoms with Crippen LogP contribution in [0.25, 0.3) is 99.8 Å². The van der Waals surface area contributed by atoms with Crippen molar-refractivity contribution < 1.29 is 21.1 Å². The Morgan fingerprint density at radius 2 is 1.34 bits per heavy atom. The maximum atomic E-state index is 5.66. The molecule has 0 aliphatic heterocycles. The van der Waals surface area contributed by atoms with E-state index in [0.29, 0.717) is 0 Å². The van der Waals surface area contributed by atoms with Crippen molar-refractivity contribution in [2.75, 3.05) is 0 Å². The Morgan fingerprint density at radius 1 is 0.594 bits per heavy atom. The summed E-state index contributed by atoms with van der Waals surface area (Å²) in [5.74, 6) is 0.851. The Bertz CT molecular complexity index is 3590. The molecule has 316 valence electrons. The predicted molar refractivity (Wildman–Crippen MR) is 264 cm³/mol. The van der Waals surface area contributed by atoms with Crippen molar-refractivity contribution in [2.24, 2.45) is 0 Å². The van der Waals surface area contributed by atoms with E-state index in [1.54, 1.807) is 0 Å². The van der Waals surface area contributed by atoms with Crippen molar-refractivity contribution in [3.63, 3.8) is 0 Å². The average Bonchev–Trinajstić information content (AvgIpc) is 3.96. The van der Waals surface area contributed by atoms with Gasteiger partial charge in [-0.2, -0.15) is 0 Å². The Kier molecular flexibility index (Phi) is 9.92.